The summed E-state index contributed by atoms with van der Waals surface area (Å²) in [4.78, 5) is 138. The third-order valence-electron chi connectivity index (χ3n) is 21.0. The van der Waals surface area contributed by atoms with Gasteiger partial charge in [0.15, 0.2) is 0 Å². The van der Waals surface area contributed by atoms with E-state index < -0.39 is 72.9 Å². The Morgan fingerprint density at radius 3 is 1.11 bits per heavy atom. The molecule has 8 aromatic carbocycles. The van der Waals surface area contributed by atoms with E-state index in [0.717, 1.165) is 77.2 Å². The van der Waals surface area contributed by atoms with E-state index in [2.05, 4.69) is 63.1 Å². The minimum Gasteiger partial charge on any atom is -0.481 e. The van der Waals surface area contributed by atoms with Gasteiger partial charge in [0.1, 0.15) is 36.9 Å². The zero-order valence-corrected chi connectivity index (χ0v) is 74.4. The molecule has 0 spiro atoms. The van der Waals surface area contributed by atoms with E-state index in [1.54, 1.807) is 36.7 Å². The van der Waals surface area contributed by atoms with Crippen molar-refractivity contribution in [3.63, 3.8) is 0 Å². The normalized spacial score (nSPS) is 12.0. The summed E-state index contributed by atoms with van der Waals surface area (Å²) in [5, 5.41) is 53.0. The Kier molecular flexibility index (Phi) is 42.6. The van der Waals surface area contributed by atoms with Crippen LogP contribution in [-0.2, 0) is 103 Å². The number of amides is 8. The largest absolute Gasteiger partial charge is 0.481 e. The zero-order valence-electron chi connectivity index (χ0n) is 74.4. The van der Waals surface area contributed by atoms with Gasteiger partial charge < -0.3 is 101 Å². The fraction of sp³-hybridized carbons (Fsp3) is 0.360. The maximum Gasteiger partial charge on any atom is 0.407 e. The SMILES string of the molecule is Cc1ccnc(NCCCC(=O)N[C@@H](COCc2ccc(CNC(=O)CCOCCOCCOC(=O)NCCCCNC(=O)OCCOCCOCCC(=O)NCc3ccc(COC[C@H](NC(=O)CCCNc4cc(C)ccn4)C(=O)NC(CC(=O)O)c4ccc(-c5cccc6ccccc56)cc4)cc3)cc2)C(=O)NC(CC(=O)O)c2ccc(-c3cccc4ccccc34)cc2)c1. The van der Waals surface area contributed by atoms with Crippen LogP contribution in [0.2, 0.25) is 0 Å². The van der Waals surface area contributed by atoms with Crippen molar-refractivity contribution in [3.8, 4) is 22.3 Å². The summed E-state index contributed by atoms with van der Waals surface area (Å²) >= 11 is 0. The standard InChI is InChI=1S/C100H118N12O20/c1-69-39-47-103-89(59-69)101-45-11-21-93(115)109-87(97(121)111-85(61-95(117)118)79-35-31-77(32-36-79)83-19-9-15-75-13-3-5-17-81(75)83)67-129-65-73-27-23-71(24-28-73)63-107-91(113)41-49-125-51-53-127-55-57-131-99(123)105-43-7-8-44-106-100(124)132-58-56-128-54-52-126-50-42-92(114)108-64-72-25-29-74(30-26-72)66-130-68-88(110-94(116)22-12-46-102-90-60-70(2)40-48-104-90)98(122)112-86(62-96(119)120)80-37-33-78(34-38-80)84-20-10-16-76-14-4-6-18-82(76)84/h3-6,9-10,13-20,23-40,47-48,59-60,85-88H,7-8,11-12,21-22,41-46,49-58,61-68H2,1-2H3,(H,101,103)(H,102,104)(H,105,123)(H,106,124)(H,107,113)(H,108,114)(H,109,115)(H,110,116)(H,111,121)(H,112,122)(H,117,118)(H,119,120)/t85?,86?,87-,88-/m0/s1. The van der Waals surface area contributed by atoms with E-state index in [0.29, 0.717) is 74.6 Å². The van der Waals surface area contributed by atoms with Crippen molar-refractivity contribution in [1.29, 1.82) is 0 Å². The molecule has 0 aliphatic carbocycles. The van der Waals surface area contributed by atoms with Crippen LogP contribution in [0, 0.1) is 13.8 Å². The number of pyridine rings is 2. The summed E-state index contributed by atoms with van der Waals surface area (Å²) in [7, 11) is 0. The van der Waals surface area contributed by atoms with Crippen molar-refractivity contribution in [2.24, 2.45) is 0 Å². The minimum atomic E-state index is -1.16. The number of anilines is 2. The van der Waals surface area contributed by atoms with Crippen LogP contribution in [0.1, 0.15) is 121 Å². The summed E-state index contributed by atoms with van der Waals surface area (Å²) in [5.74, 6) is -3.31. The van der Waals surface area contributed by atoms with Crippen LogP contribution < -0.4 is 53.2 Å². The van der Waals surface area contributed by atoms with Gasteiger partial charge in [0.2, 0.25) is 35.4 Å². The van der Waals surface area contributed by atoms with Gasteiger partial charge in [-0.2, -0.15) is 0 Å². The number of hydrogen-bond donors (Lipinski definition) is 12. The molecule has 0 fully saturated rings. The summed E-state index contributed by atoms with van der Waals surface area (Å²) < 4.78 is 44.5. The Labute approximate surface area is 767 Å². The van der Waals surface area contributed by atoms with Crippen LogP contribution in [-0.4, -0.2) is 197 Å². The van der Waals surface area contributed by atoms with Crippen LogP contribution >= 0.6 is 0 Å². The van der Waals surface area contributed by atoms with Gasteiger partial charge in [-0.15, -0.1) is 0 Å². The summed E-state index contributed by atoms with van der Waals surface area (Å²) in [5.41, 5.74) is 10.3. The predicted molar refractivity (Wildman–Crippen MR) is 499 cm³/mol. The number of carboxylic acid groups (broad SMARTS) is 2. The van der Waals surface area contributed by atoms with E-state index >= 15 is 0 Å². The van der Waals surface area contributed by atoms with E-state index in [9.17, 15) is 58.2 Å². The molecule has 12 N–H and O–H groups in total. The number of hydrogen-bond acceptors (Lipinski definition) is 22. The number of aliphatic carboxylic acids is 2. The molecule has 0 aliphatic heterocycles. The fourth-order valence-electron chi connectivity index (χ4n) is 14.0. The van der Waals surface area contributed by atoms with Crippen molar-refractivity contribution >= 4 is 92.7 Å². The van der Waals surface area contributed by atoms with Crippen LogP contribution in [0.3, 0.4) is 0 Å². The molecular weight excluding hydrogens is 1690 g/mol. The maximum atomic E-state index is 14.1. The Bertz CT molecular complexity index is 5000. The first-order valence-electron chi connectivity index (χ1n) is 44.3. The first kappa shape index (κ1) is 100. The summed E-state index contributed by atoms with van der Waals surface area (Å²) in [6, 6.07) is 61.0. The molecule has 698 valence electrons. The van der Waals surface area contributed by atoms with Crippen molar-refractivity contribution in [2.75, 3.05) is 116 Å². The number of carbonyl (C=O) groups is 10. The number of aryl methyl sites for hydroxylation is 2. The zero-order chi connectivity index (χ0) is 93.3. The van der Waals surface area contributed by atoms with E-state index in [-0.39, 0.29) is 155 Å². The lowest BCUT2D eigenvalue weighted by atomic mass is 9.95. The maximum absolute atomic E-state index is 14.1. The molecule has 132 heavy (non-hydrogen) atoms. The monoisotopic (exact) mass is 1810 g/mol. The van der Waals surface area contributed by atoms with Gasteiger partial charge in [-0.25, -0.2) is 19.6 Å². The molecule has 0 saturated carbocycles. The van der Waals surface area contributed by atoms with Gasteiger partial charge in [-0.1, -0.05) is 182 Å². The van der Waals surface area contributed by atoms with Crippen molar-refractivity contribution in [1.82, 2.24) is 52.5 Å². The second-order valence-corrected chi connectivity index (χ2v) is 31.4. The number of ether oxygens (including phenoxy) is 8. The van der Waals surface area contributed by atoms with Crippen molar-refractivity contribution in [3.05, 3.63) is 263 Å². The first-order valence-corrected chi connectivity index (χ1v) is 44.3. The molecule has 4 atom stereocenters. The number of carboxylic acids is 2. The second kappa shape index (κ2) is 56.0. The van der Waals surface area contributed by atoms with E-state index in [1.165, 1.54) is 0 Å². The molecule has 0 saturated heterocycles. The lowest BCUT2D eigenvalue weighted by Crippen LogP contribution is -2.50. The predicted octanol–water partition coefficient (Wildman–Crippen LogP) is 12.2. The van der Waals surface area contributed by atoms with Crippen LogP contribution in [0.15, 0.2) is 219 Å². The fourth-order valence-corrected chi connectivity index (χ4v) is 14.0. The Morgan fingerprint density at radius 2 is 0.720 bits per heavy atom. The quantitative estimate of drug-likeness (QED) is 0.0158. The molecule has 2 heterocycles. The van der Waals surface area contributed by atoms with Crippen molar-refractivity contribution in [2.45, 2.75) is 129 Å². The molecule has 0 bridgehead atoms. The molecule has 10 aromatic rings. The summed E-state index contributed by atoms with van der Waals surface area (Å²) in [6.07, 6.45) is 3.76. The lowest BCUT2D eigenvalue weighted by molar-refractivity contribution is -0.139. The molecule has 2 aromatic heterocycles. The van der Waals surface area contributed by atoms with Gasteiger partial charge in [0.25, 0.3) is 0 Å². The molecular formula is C100H118N12O20. The smallest absolute Gasteiger partial charge is 0.407 e. The number of unbranched alkanes of at least 4 members (excludes halogenated alkanes) is 1. The molecule has 32 heteroatoms. The Hall–Kier alpha value is -13.8. The van der Waals surface area contributed by atoms with Crippen LogP contribution in [0.25, 0.3) is 43.8 Å². The minimum absolute atomic E-state index is 0.00783. The average Bonchev–Trinajstić information content (AvgIpc) is 0.804. The Morgan fingerprint density at radius 1 is 0.348 bits per heavy atom. The van der Waals surface area contributed by atoms with Gasteiger partial charge in [0, 0.05) is 77.3 Å². The third-order valence-corrected chi connectivity index (χ3v) is 21.0. The number of rotatable bonds is 59. The molecule has 8 amide bonds. The van der Waals surface area contributed by atoms with Gasteiger partial charge in [0.05, 0.1) is 104 Å². The number of alkyl carbamates (subject to hydrolysis) is 2. The number of fused-ring (bicyclic) bond motifs is 2. The number of nitrogens with zero attached hydrogens (tertiary/aromatic N) is 2. The molecule has 0 aliphatic rings. The lowest BCUT2D eigenvalue weighted by Gasteiger charge is -2.23. The highest BCUT2D eigenvalue weighted by atomic mass is 16.6. The molecule has 10 rings (SSSR count). The van der Waals surface area contributed by atoms with Crippen molar-refractivity contribution < 1.29 is 96.1 Å². The third kappa shape index (κ3) is 36.6. The highest BCUT2D eigenvalue weighted by Crippen LogP contribution is 2.33. The number of carbonyl (C=O) groups excluding carboxylic acids is 8. The number of aromatic nitrogens is 2. The summed E-state index contributed by atoms with van der Waals surface area (Å²) in [6.45, 7) is 7.16. The highest BCUT2D eigenvalue weighted by Gasteiger charge is 2.29. The topological polar surface area (TPSA) is 431 Å². The number of nitrogens with one attached hydrogen (secondary N) is 10. The van der Waals surface area contributed by atoms with Crippen LogP contribution in [0.5, 0.6) is 0 Å². The second-order valence-electron chi connectivity index (χ2n) is 31.4. The average molecular weight is 1810 g/mol. The van der Waals surface area contributed by atoms with Gasteiger partial charge in [-0.3, -0.25) is 38.4 Å². The highest BCUT2D eigenvalue weighted by molar-refractivity contribution is 5.98. The first-order chi connectivity index (χ1) is 64.2. The molecule has 2 unspecified atom stereocenters. The molecule has 0 radical (unpaired) electrons. The van der Waals surface area contributed by atoms with Gasteiger partial charge >= 0.3 is 24.1 Å². The Balaban J connectivity index is 0.511. The van der Waals surface area contributed by atoms with Crippen LogP contribution in [0.4, 0.5) is 21.2 Å². The number of benzene rings is 8. The van der Waals surface area contributed by atoms with E-state index in [1.807, 2.05) is 196 Å². The van der Waals surface area contributed by atoms with E-state index in [4.69, 9.17) is 37.9 Å². The van der Waals surface area contributed by atoms with Gasteiger partial charge in [-0.05, 0) is 152 Å². The molecule has 32 nitrogen and oxygen atoms in total.